The van der Waals surface area contributed by atoms with Crippen molar-refractivity contribution in [3.05, 3.63) is 102 Å². The van der Waals surface area contributed by atoms with Crippen LogP contribution in [0.5, 0.6) is 11.5 Å². The molecule has 1 aliphatic rings. The van der Waals surface area contributed by atoms with Crippen molar-refractivity contribution in [2.24, 2.45) is 0 Å². The zero-order chi connectivity index (χ0) is 26.7. The number of carbonyl (C=O) groups is 1. The van der Waals surface area contributed by atoms with Gasteiger partial charge < -0.3 is 20.1 Å². The van der Waals surface area contributed by atoms with E-state index < -0.39 is 0 Å². The van der Waals surface area contributed by atoms with Crippen LogP contribution in [0.25, 0.3) is 10.8 Å². The molecule has 1 saturated heterocycles. The smallest absolute Gasteiger partial charge is 0.319 e. The van der Waals surface area contributed by atoms with Gasteiger partial charge in [0, 0.05) is 23.9 Å². The Balaban J connectivity index is 1.13. The molecule has 2 N–H and O–H groups in total. The van der Waals surface area contributed by atoms with E-state index in [9.17, 15) is 4.79 Å². The van der Waals surface area contributed by atoms with Gasteiger partial charge in [0.2, 0.25) is 0 Å². The number of carbonyl (C=O) groups excluding carboxylic acids is 1. The fraction of sp³-hybridized carbons (Fsp3) is 0.303. The predicted octanol–water partition coefficient (Wildman–Crippen LogP) is 6.65. The molecule has 0 radical (unpaired) electrons. The van der Waals surface area contributed by atoms with Gasteiger partial charge >= 0.3 is 6.03 Å². The van der Waals surface area contributed by atoms with E-state index in [0.717, 1.165) is 46.5 Å². The molecule has 202 valence electrons. The Hall–Kier alpha value is -4.03. The Labute approximate surface area is 230 Å². The lowest BCUT2D eigenvalue weighted by Crippen LogP contribution is -2.33. The molecule has 0 aliphatic carbocycles. The molecule has 0 saturated carbocycles. The van der Waals surface area contributed by atoms with Gasteiger partial charge in [0.05, 0.1) is 5.69 Å². The van der Waals surface area contributed by atoms with E-state index in [-0.39, 0.29) is 6.03 Å². The Morgan fingerprint density at radius 3 is 2.28 bits per heavy atom. The van der Waals surface area contributed by atoms with Crippen LogP contribution in [0.15, 0.2) is 91.0 Å². The third-order valence-electron chi connectivity index (χ3n) is 7.12. The number of ether oxygens (including phenoxy) is 2. The van der Waals surface area contributed by atoms with Gasteiger partial charge in [-0.2, -0.15) is 0 Å². The Kier molecular flexibility index (Phi) is 9.32. The summed E-state index contributed by atoms with van der Waals surface area (Å²) in [6, 6.07) is 29.8. The molecule has 0 bridgehead atoms. The normalized spacial score (nSPS) is 13.6. The van der Waals surface area contributed by atoms with Crippen LogP contribution < -0.4 is 20.1 Å². The molecule has 6 heteroatoms. The molecule has 1 fully saturated rings. The molecular formula is C33H37N3O3. The molecule has 39 heavy (non-hydrogen) atoms. The monoisotopic (exact) mass is 523 g/mol. The van der Waals surface area contributed by atoms with Gasteiger partial charge in [-0.05, 0) is 67.7 Å². The fourth-order valence-corrected chi connectivity index (χ4v) is 4.96. The molecule has 5 rings (SSSR count). The number of fused-ring (bicyclic) bond motifs is 1. The minimum absolute atomic E-state index is 0.219. The summed E-state index contributed by atoms with van der Waals surface area (Å²) in [4.78, 5) is 15.0. The standard InChI is InChI=1S/C33H37N3O3/c37-33(34-20-19-26-9-3-1-4-10-26)35-31-17-18-32(30-12-6-5-11-29(30)31)39-25-27-13-15-28(16-14-27)38-24-23-36-21-7-2-8-22-36/h1,3-6,9-18H,2,7-8,19-25H2,(H2,34,35,37). The van der Waals surface area contributed by atoms with Gasteiger partial charge in [0.1, 0.15) is 24.7 Å². The van der Waals surface area contributed by atoms with E-state index in [2.05, 4.69) is 27.7 Å². The van der Waals surface area contributed by atoms with Crippen molar-refractivity contribution in [1.82, 2.24) is 10.2 Å². The van der Waals surface area contributed by atoms with Crippen molar-refractivity contribution in [1.29, 1.82) is 0 Å². The lowest BCUT2D eigenvalue weighted by atomic mass is 10.1. The fourth-order valence-electron chi connectivity index (χ4n) is 4.96. The number of nitrogens with one attached hydrogen (secondary N) is 2. The van der Waals surface area contributed by atoms with Crippen molar-refractivity contribution >= 4 is 22.5 Å². The second-order valence-corrected chi connectivity index (χ2v) is 9.96. The Bertz CT molecular complexity index is 1340. The van der Waals surface area contributed by atoms with Gasteiger partial charge in [-0.25, -0.2) is 4.79 Å². The number of hydrogen-bond donors (Lipinski definition) is 2. The van der Waals surface area contributed by atoms with Crippen molar-refractivity contribution in [3.8, 4) is 11.5 Å². The number of piperidine rings is 1. The highest BCUT2D eigenvalue weighted by atomic mass is 16.5. The molecular weight excluding hydrogens is 486 g/mol. The number of hydrogen-bond acceptors (Lipinski definition) is 4. The van der Waals surface area contributed by atoms with Crippen molar-refractivity contribution < 1.29 is 14.3 Å². The number of benzene rings is 4. The van der Waals surface area contributed by atoms with Crippen molar-refractivity contribution in [3.63, 3.8) is 0 Å². The zero-order valence-corrected chi connectivity index (χ0v) is 22.4. The number of anilines is 1. The highest BCUT2D eigenvalue weighted by molar-refractivity contribution is 6.03. The highest BCUT2D eigenvalue weighted by Crippen LogP contribution is 2.32. The van der Waals surface area contributed by atoms with Crippen LogP contribution in [0, 0.1) is 0 Å². The molecule has 4 aromatic carbocycles. The summed E-state index contributed by atoms with van der Waals surface area (Å²) in [7, 11) is 0. The third kappa shape index (κ3) is 7.74. The molecule has 0 spiro atoms. The van der Waals surface area contributed by atoms with Crippen LogP contribution in [-0.2, 0) is 13.0 Å². The van der Waals surface area contributed by atoms with Crippen LogP contribution >= 0.6 is 0 Å². The van der Waals surface area contributed by atoms with E-state index in [0.29, 0.717) is 19.8 Å². The molecule has 4 aromatic rings. The van der Waals surface area contributed by atoms with E-state index in [1.54, 1.807) is 0 Å². The minimum atomic E-state index is -0.219. The summed E-state index contributed by atoms with van der Waals surface area (Å²) in [5.74, 6) is 1.67. The first kappa shape index (κ1) is 26.6. The van der Waals surface area contributed by atoms with Gasteiger partial charge in [-0.1, -0.05) is 73.2 Å². The summed E-state index contributed by atoms with van der Waals surface area (Å²) >= 11 is 0. The van der Waals surface area contributed by atoms with Crippen LogP contribution in [0.1, 0.15) is 30.4 Å². The summed E-state index contributed by atoms with van der Waals surface area (Å²) in [6.07, 6.45) is 4.74. The quantitative estimate of drug-likeness (QED) is 0.231. The Morgan fingerprint density at radius 2 is 1.49 bits per heavy atom. The number of urea groups is 1. The maximum atomic E-state index is 12.5. The lowest BCUT2D eigenvalue weighted by molar-refractivity contribution is 0.183. The van der Waals surface area contributed by atoms with Gasteiger partial charge in [-0.15, -0.1) is 0 Å². The largest absolute Gasteiger partial charge is 0.492 e. The average Bonchev–Trinajstić information content (AvgIpc) is 2.98. The van der Waals surface area contributed by atoms with E-state index in [4.69, 9.17) is 9.47 Å². The third-order valence-corrected chi connectivity index (χ3v) is 7.12. The topological polar surface area (TPSA) is 62.8 Å². The van der Waals surface area contributed by atoms with Gasteiger partial charge in [-0.3, -0.25) is 4.90 Å². The summed E-state index contributed by atoms with van der Waals surface area (Å²) in [5.41, 5.74) is 3.02. The van der Waals surface area contributed by atoms with Crippen LogP contribution in [0.4, 0.5) is 10.5 Å². The molecule has 1 aliphatic heterocycles. The van der Waals surface area contributed by atoms with Crippen molar-refractivity contribution in [2.45, 2.75) is 32.3 Å². The van der Waals surface area contributed by atoms with Crippen LogP contribution in [0.2, 0.25) is 0 Å². The summed E-state index contributed by atoms with van der Waals surface area (Å²) in [5, 5.41) is 7.83. The minimum Gasteiger partial charge on any atom is -0.492 e. The first-order chi connectivity index (χ1) is 19.2. The van der Waals surface area contributed by atoms with E-state index in [1.165, 1.54) is 37.9 Å². The Morgan fingerprint density at radius 1 is 0.744 bits per heavy atom. The molecule has 1 heterocycles. The maximum absolute atomic E-state index is 12.5. The molecule has 0 aromatic heterocycles. The number of nitrogens with zero attached hydrogens (tertiary/aromatic N) is 1. The van der Waals surface area contributed by atoms with Crippen molar-refractivity contribution in [2.75, 3.05) is 38.1 Å². The SMILES string of the molecule is O=C(NCCc1ccccc1)Nc1ccc(OCc2ccc(OCCN3CCCCC3)cc2)c2ccccc12. The second kappa shape index (κ2) is 13.7. The lowest BCUT2D eigenvalue weighted by Gasteiger charge is -2.26. The highest BCUT2D eigenvalue weighted by Gasteiger charge is 2.11. The van der Waals surface area contributed by atoms with Crippen LogP contribution in [0.3, 0.4) is 0 Å². The summed E-state index contributed by atoms with van der Waals surface area (Å²) < 4.78 is 12.2. The first-order valence-corrected chi connectivity index (χ1v) is 13.9. The van der Waals surface area contributed by atoms with Crippen LogP contribution in [-0.4, -0.2) is 43.7 Å². The number of amides is 2. The molecule has 0 unspecified atom stereocenters. The van der Waals surface area contributed by atoms with E-state index in [1.807, 2.05) is 78.9 Å². The maximum Gasteiger partial charge on any atom is 0.319 e. The molecule has 0 atom stereocenters. The van der Waals surface area contributed by atoms with Gasteiger partial charge in [0.15, 0.2) is 0 Å². The predicted molar refractivity (Wildman–Crippen MR) is 158 cm³/mol. The average molecular weight is 524 g/mol. The molecule has 6 nitrogen and oxygen atoms in total. The first-order valence-electron chi connectivity index (χ1n) is 13.9. The second-order valence-electron chi connectivity index (χ2n) is 9.96. The number of likely N-dealkylation sites (tertiary alicyclic amines) is 1. The zero-order valence-electron chi connectivity index (χ0n) is 22.4. The molecule has 2 amide bonds. The van der Waals surface area contributed by atoms with Gasteiger partial charge in [0.25, 0.3) is 0 Å². The summed E-state index contributed by atoms with van der Waals surface area (Å²) in [6.45, 7) is 5.09. The number of rotatable bonds is 11. The van der Waals surface area contributed by atoms with E-state index >= 15 is 0 Å².